The number of anilines is 1. The Balaban J connectivity index is 1.91. The van der Waals surface area contributed by atoms with Crippen LogP contribution in [0.4, 0.5) is 5.82 Å². The van der Waals surface area contributed by atoms with Crippen LogP contribution in [0.25, 0.3) is 0 Å². The van der Waals surface area contributed by atoms with Crippen molar-refractivity contribution in [1.29, 1.82) is 0 Å². The zero-order valence-corrected chi connectivity index (χ0v) is 10.9. The maximum Gasteiger partial charge on any atom is 0.129 e. The van der Waals surface area contributed by atoms with Crippen molar-refractivity contribution in [2.45, 2.75) is 43.6 Å². The molecule has 1 heterocycles. The van der Waals surface area contributed by atoms with Gasteiger partial charge in [0.2, 0.25) is 0 Å². The van der Waals surface area contributed by atoms with Crippen LogP contribution in [0.15, 0.2) is 12.4 Å². The maximum atomic E-state index is 9.45. The minimum atomic E-state index is -0.106. The standard InChI is InChI=1S/C12H19N3OS/c1-17-7-10-6-12(14-8-13-10)15-9-2-4-11(16)5-3-9/h6,8-9,11,16H,2-5,7H2,1H3,(H,13,14,15). The van der Waals surface area contributed by atoms with Gasteiger partial charge in [0.25, 0.3) is 0 Å². The van der Waals surface area contributed by atoms with Gasteiger partial charge in [-0.25, -0.2) is 9.97 Å². The molecule has 1 fully saturated rings. The zero-order chi connectivity index (χ0) is 12.1. The quantitative estimate of drug-likeness (QED) is 0.860. The average Bonchev–Trinajstić information content (AvgIpc) is 2.33. The number of rotatable bonds is 4. The number of nitrogens with zero attached hydrogens (tertiary/aromatic N) is 2. The molecule has 1 aliphatic rings. The third-order valence-corrected chi connectivity index (χ3v) is 3.65. The molecule has 2 rings (SSSR count). The highest BCUT2D eigenvalue weighted by Gasteiger charge is 2.19. The molecule has 4 nitrogen and oxygen atoms in total. The van der Waals surface area contributed by atoms with Gasteiger partial charge in [-0.2, -0.15) is 11.8 Å². The second kappa shape index (κ2) is 6.21. The summed E-state index contributed by atoms with van der Waals surface area (Å²) in [6.07, 6.45) is 7.39. The molecule has 0 aliphatic heterocycles. The lowest BCUT2D eigenvalue weighted by molar-refractivity contribution is 0.126. The predicted molar refractivity (Wildman–Crippen MR) is 71.1 cm³/mol. The summed E-state index contributed by atoms with van der Waals surface area (Å²) < 4.78 is 0. The van der Waals surface area contributed by atoms with Gasteiger partial charge in [-0.1, -0.05) is 0 Å². The minimum Gasteiger partial charge on any atom is -0.393 e. The van der Waals surface area contributed by atoms with Gasteiger partial charge in [0.1, 0.15) is 12.1 Å². The van der Waals surface area contributed by atoms with E-state index in [2.05, 4.69) is 21.5 Å². The maximum absolute atomic E-state index is 9.45. The Bertz CT molecular complexity index is 353. The number of aliphatic hydroxyl groups is 1. The normalized spacial score (nSPS) is 24.6. The zero-order valence-electron chi connectivity index (χ0n) is 10.1. The highest BCUT2D eigenvalue weighted by atomic mass is 32.2. The van der Waals surface area contributed by atoms with Crippen LogP contribution >= 0.6 is 11.8 Å². The summed E-state index contributed by atoms with van der Waals surface area (Å²) in [4.78, 5) is 8.46. The lowest BCUT2D eigenvalue weighted by atomic mass is 9.93. The minimum absolute atomic E-state index is 0.106. The fourth-order valence-corrected chi connectivity index (χ4v) is 2.59. The van der Waals surface area contributed by atoms with Crippen LogP contribution in [0.3, 0.4) is 0 Å². The van der Waals surface area contributed by atoms with E-state index in [0.29, 0.717) is 6.04 Å². The van der Waals surface area contributed by atoms with Crippen molar-refractivity contribution in [3.63, 3.8) is 0 Å². The van der Waals surface area contributed by atoms with Gasteiger partial charge in [-0.15, -0.1) is 0 Å². The molecule has 1 aliphatic carbocycles. The molecule has 0 spiro atoms. The molecule has 2 N–H and O–H groups in total. The van der Waals surface area contributed by atoms with Gasteiger partial charge in [0.15, 0.2) is 0 Å². The summed E-state index contributed by atoms with van der Waals surface area (Å²) in [5.74, 6) is 1.83. The molecule has 0 radical (unpaired) electrons. The summed E-state index contributed by atoms with van der Waals surface area (Å²) in [7, 11) is 0. The second-order valence-electron chi connectivity index (χ2n) is 4.48. The Morgan fingerprint density at radius 3 is 2.82 bits per heavy atom. The number of hydrogen-bond donors (Lipinski definition) is 2. The van der Waals surface area contributed by atoms with Crippen LogP contribution < -0.4 is 5.32 Å². The summed E-state index contributed by atoms with van der Waals surface area (Å²) in [6.45, 7) is 0. The lowest BCUT2D eigenvalue weighted by Gasteiger charge is -2.26. The molecule has 1 saturated carbocycles. The molecular weight excluding hydrogens is 234 g/mol. The van der Waals surface area contributed by atoms with Gasteiger partial charge < -0.3 is 10.4 Å². The van der Waals surface area contributed by atoms with E-state index in [-0.39, 0.29) is 6.10 Å². The Labute approximate surface area is 106 Å². The molecule has 0 saturated heterocycles. The summed E-state index contributed by atoms with van der Waals surface area (Å²) in [5, 5.41) is 12.9. The third kappa shape index (κ3) is 3.85. The monoisotopic (exact) mass is 253 g/mol. The van der Waals surface area contributed by atoms with E-state index in [1.54, 1.807) is 18.1 Å². The van der Waals surface area contributed by atoms with Crippen LogP contribution in [-0.4, -0.2) is 33.5 Å². The van der Waals surface area contributed by atoms with E-state index in [0.717, 1.165) is 42.9 Å². The van der Waals surface area contributed by atoms with Gasteiger partial charge >= 0.3 is 0 Å². The predicted octanol–water partition coefficient (Wildman–Crippen LogP) is 2.05. The largest absolute Gasteiger partial charge is 0.393 e. The van der Waals surface area contributed by atoms with Gasteiger partial charge in [0.05, 0.1) is 11.8 Å². The number of thioether (sulfide) groups is 1. The first-order valence-corrected chi connectivity index (χ1v) is 7.42. The van der Waals surface area contributed by atoms with E-state index in [1.165, 1.54) is 0 Å². The van der Waals surface area contributed by atoms with Crippen LogP contribution in [-0.2, 0) is 5.75 Å². The number of nitrogens with one attached hydrogen (secondary N) is 1. The molecule has 1 aromatic rings. The molecule has 0 amide bonds. The first kappa shape index (κ1) is 12.6. The Morgan fingerprint density at radius 2 is 2.12 bits per heavy atom. The Kier molecular flexibility index (Phi) is 4.62. The second-order valence-corrected chi connectivity index (χ2v) is 5.34. The van der Waals surface area contributed by atoms with Crippen molar-refractivity contribution >= 4 is 17.6 Å². The molecule has 1 aromatic heterocycles. The van der Waals surface area contributed by atoms with E-state index in [9.17, 15) is 5.11 Å². The number of aliphatic hydroxyl groups excluding tert-OH is 1. The molecule has 5 heteroatoms. The summed E-state index contributed by atoms with van der Waals surface area (Å²) in [5.41, 5.74) is 1.06. The van der Waals surface area contributed by atoms with Crippen molar-refractivity contribution in [2.75, 3.05) is 11.6 Å². The van der Waals surface area contributed by atoms with Gasteiger partial charge in [-0.3, -0.25) is 0 Å². The molecular formula is C12H19N3OS. The van der Waals surface area contributed by atoms with Crippen LogP contribution in [0.2, 0.25) is 0 Å². The Hall–Kier alpha value is -0.810. The highest BCUT2D eigenvalue weighted by Crippen LogP contribution is 2.21. The summed E-state index contributed by atoms with van der Waals surface area (Å²) >= 11 is 1.76. The van der Waals surface area contributed by atoms with Crippen molar-refractivity contribution in [3.8, 4) is 0 Å². The van der Waals surface area contributed by atoms with Crippen molar-refractivity contribution in [3.05, 3.63) is 18.1 Å². The van der Waals surface area contributed by atoms with E-state index in [1.807, 2.05) is 6.07 Å². The van der Waals surface area contributed by atoms with Crippen molar-refractivity contribution in [1.82, 2.24) is 9.97 Å². The molecule has 0 atom stereocenters. The SMILES string of the molecule is CSCc1cc(NC2CCC(O)CC2)ncn1. The average molecular weight is 253 g/mol. The number of aromatic nitrogens is 2. The molecule has 17 heavy (non-hydrogen) atoms. The first-order chi connectivity index (χ1) is 8.28. The molecule has 0 aromatic carbocycles. The smallest absolute Gasteiger partial charge is 0.129 e. The van der Waals surface area contributed by atoms with Crippen LogP contribution in [0.1, 0.15) is 31.4 Å². The Morgan fingerprint density at radius 1 is 1.35 bits per heavy atom. The first-order valence-electron chi connectivity index (χ1n) is 6.02. The van der Waals surface area contributed by atoms with E-state index in [4.69, 9.17) is 0 Å². The topological polar surface area (TPSA) is 58.0 Å². The molecule has 0 unspecified atom stereocenters. The third-order valence-electron chi connectivity index (χ3n) is 3.06. The fraction of sp³-hybridized carbons (Fsp3) is 0.667. The van der Waals surface area contributed by atoms with E-state index < -0.39 is 0 Å². The summed E-state index contributed by atoms with van der Waals surface area (Å²) in [6, 6.07) is 2.46. The highest BCUT2D eigenvalue weighted by molar-refractivity contribution is 7.97. The van der Waals surface area contributed by atoms with Crippen LogP contribution in [0.5, 0.6) is 0 Å². The van der Waals surface area contributed by atoms with Crippen molar-refractivity contribution < 1.29 is 5.11 Å². The number of hydrogen-bond acceptors (Lipinski definition) is 5. The molecule has 0 bridgehead atoms. The molecule has 94 valence electrons. The fourth-order valence-electron chi connectivity index (χ4n) is 2.13. The van der Waals surface area contributed by atoms with Gasteiger partial charge in [0, 0.05) is 17.9 Å². The lowest BCUT2D eigenvalue weighted by Crippen LogP contribution is -2.28. The van der Waals surface area contributed by atoms with Crippen LogP contribution in [0, 0.1) is 0 Å². The van der Waals surface area contributed by atoms with E-state index >= 15 is 0 Å². The van der Waals surface area contributed by atoms with Gasteiger partial charge in [-0.05, 0) is 31.9 Å². The van der Waals surface area contributed by atoms with Crippen molar-refractivity contribution in [2.24, 2.45) is 0 Å².